The van der Waals surface area contributed by atoms with Gasteiger partial charge in [0.05, 0.1) is 5.92 Å². The number of rotatable bonds is 6. The van der Waals surface area contributed by atoms with Gasteiger partial charge >= 0.3 is 0 Å². The summed E-state index contributed by atoms with van der Waals surface area (Å²) in [6, 6.07) is 11.4. The van der Waals surface area contributed by atoms with E-state index in [1.807, 2.05) is 6.92 Å². The minimum absolute atomic E-state index is 0.00613. The van der Waals surface area contributed by atoms with Crippen LogP contribution in [0.5, 0.6) is 0 Å². The Kier molecular flexibility index (Phi) is 7.39. The lowest BCUT2D eigenvalue weighted by molar-refractivity contribution is -0.120. The smallest absolute Gasteiger partial charge is 0.248 e. The molecule has 1 aliphatic heterocycles. The minimum atomic E-state index is -4.02. The highest BCUT2D eigenvalue weighted by Gasteiger charge is 2.37. The van der Waals surface area contributed by atoms with Gasteiger partial charge in [0.1, 0.15) is 11.5 Å². The van der Waals surface area contributed by atoms with Crippen molar-refractivity contribution >= 4 is 45.4 Å². The molecule has 0 spiro atoms. The molecule has 3 aromatic rings. The van der Waals surface area contributed by atoms with Gasteiger partial charge < -0.3 is 9.84 Å². The van der Waals surface area contributed by atoms with Crippen molar-refractivity contribution in [3.05, 3.63) is 75.9 Å². The van der Waals surface area contributed by atoms with Crippen LogP contribution in [0.1, 0.15) is 35.4 Å². The number of carbonyl (C=O) groups is 1. The number of benzene rings is 2. The zero-order valence-corrected chi connectivity index (χ0v) is 20.9. The van der Waals surface area contributed by atoms with Gasteiger partial charge in [-0.05, 0) is 62.6 Å². The molecule has 1 saturated heterocycles. The lowest BCUT2D eigenvalue weighted by atomic mass is 9.98. The Labute approximate surface area is 208 Å². The molecule has 0 aliphatic carbocycles. The minimum Gasteiger partial charge on any atom is -0.355 e. The number of nitrogens with one attached hydrogen (secondary N) is 1. The first-order valence-corrected chi connectivity index (χ1v) is 12.9. The summed E-state index contributed by atoms with van der Waals surface area (Å²) in [5, 5.41) is 7.19. The van der Waals surface area contributed by atoms with E-state index in [1.165, 1.54) is 29.4 Å². The number of piperidine rings is 1. The van der Waals surface area contributed by atoms with Crippen LogP contribution in [0.25, 0.3) is 12.2 Å². The van der Waals surface area contributed by atoms with Gasteiger partial charge in [0.2, 0.25) is 15.9 Å². The maximum Gasteiger partial charge on any atom is 0.248 e. The molecule has 7 nitrogen and oxygen atoms in total. The molecule has 35 heavy (non-hydrogen) atoms. The fourth-order valence-corrected chi connectivity index (χ4v) is 5.95. The van der Waals surface area contributed by atoms with Crippen molar-refractivity contribution in [3.63, 3.8) is 0 Å². The maximum atomic E-state index is 14.0. The number of carbonyl (C=O) groups excluding carboxylic acids is 1. The first-order valence-electron chi connectivity index (χ1n) is 11.1. The predicted octanol–water partition coefficient (Wildman–Crippen LogP) is 5.29. The lowest BCUT2D eigenvalue weighted by Crippen LogP contribution is -2.43. The van der Waals surface area contributed by atoms with Crippen LogP contribution in [0.2, 0.25) is 5.02 Å². The molecule has 1 unspecified atom stereocenters. The second-order valence-corrected chi connectivity index (χ2v) is 10.8. The Hall–Kier alpha value is -3.01. The van der Waals surface area contributed by atoms with E-state index in [9.17, 15) is 17.6 Å². The van der Waals surface area contributed by atoms with Crippen LogP contribution in [0.15, 0.2) is 51.9 Å². The number of anilines is 1. The summed E-state index contributed by atoms with van der Waals surface area (Å²) in [7, 11) is -4.02. The van der Waals surface area contributed by atoms with Crippen LogP contribution in [0.4, 0.5) is 10.1 Å². The average Bonchev–Trinajstić information content (AvgIpc) is 3.22. The monoisotopic (exact) mass is 517 g/mol. The molecule has 0 radical (unpaired) electrons. The van der Waals surface area contributed by atoms with E-state index in [1.54, 1.807) is 36.4 Å². The summed E-state index contributed by atoms with van der Waals surface area (Å²) < 4.78 is 47.6. The van der Waals surface area contributed by atoms with E-state index < -0.39 is 21.8 Å². The third-order valence-electron chi connectivity index (χ3n) is 5.94. The molecule has 4 rings (SSSR count). The first-order chi connectivity index (χ1) is 16.7. The summed E-state index contributed by atoms with van der Waals surface area (Å²) in [5.74, 6) is -1.24. The van der Waals surface area contributed by atoms with Crippen molar-refractivity contribution < 1.29 is 22.1 Å². The predicted molar refractivity (Wildman–Crippen MR) is 133 cm³/mol. The zero-order valence-electron chi connectivity index (χ0n) is 19.3. The number of amides is 1. The van der Waals surface area contributed by atoms with Crippen molar-refractivity contribution in [3.8, 4) is 0 Å². The van der Waals surface area contributed by atoms with Gasteiger partial charge in [-0.15, -0.1) is 0 Å². The van der Waals surface area contributed by atoms with Crippen LogP contribution in [-0.2, 0) is 14.8 Å². The molecule has 1 N–H and O–H groups in total. The van der Waals surface area contributed by atoms with E-state index in [2.05, 4.69) is 10.5 Å². The standard InChI is InChI=1S/C25H25ClFN3O4S/c1-16-9-11-20(14-21(16)26)28-25(31)19-7-5-13-30(15-19)35(32,33)24-17(2)29-34-23(24)12-10-18-6-3-4-8-22(18)27/h3-4,6,8-12,14,19H,5,7,13,15H2,1-2H3,(H,28,31)/b12-10+. The number of halogens is 2. The number of aromatic nitrogens is 1. The molecule has 1 fully saturated rings. The number of nitrogens with zero attached hydrogens (tertiary/aromatic N) is 2. The number of aryl methyl sites for hydroxylation is 2. The second kappa shape index (κ2) is 10.3. The van der Waals surface area contributed by atoms with Crippen molar-refractivity contribution in [1.82, 2.24) is 9.46 Å². The van der Waals surface area contributed by atoms with E-state index in [0.29, 0.717) is 23.6 Å². The summed E-state index contributed by atoms with van der Waals surface area (Å²) in [6.45, 7) is 3.69. The normalized spacial score (nSPS) is 17.1. The fourth-order valence-electron chi connectivity index (χ4n) is 3.99. The molecule has 184 valence electrons. The van der Waals surface area contributed by atoms with Gasteiger partial charge in [0, 0.05) is 29.4 Å². The molecule has 2 aromatic carbocycles. The summed E-state index contributed by atoms with van der Waals surface area (Å²) in [4.78, 5) is 12.8. The van der Waals surface area contributed by atoms with Gasteiger partial charge in [-0.3, -0.25) is 4.79 Å². The highest BCUT2D eigenvalue weighted by Crippen LogP contribution is 2.30. The van der Waals surface area contributed by atoms with Gasteiger partial charge in [0.25, 0.3) is 0 Å². The van der Waals surface area contributed by atoms with Crippen molar-refractivity contribution in [2.24, 2.45) is 5.92 Å². The number of sulfonamides is 1. The van der Waals surface area contributed by atoms with Gasteiger partial charge in [-0.2, -0.15) is 4.31 Å². The van der Waals surface area contributed by atoms with E-state index in [0.717, 1.165) is 5.56 Å². The van der Waals surface area contributed by atoms with E-state index in [-0.39, 0.29) is 40.9 Å². The Balaban J connectivity index is 1.54. The maximum absolute atomic E-state index is 14.0. The molecular formula is C25H25ClFN3O4S. The van der Waals surface area contributed by atoms with Crippen molar-refractivity contribution in [2.75, 3.05) is 18.4 Å². The number of hydrogen-bond donors (Lipinski definition) is 1. The quantitative estimate of drug-likeness (QED) is 0.479. The van der Waals surface area contributed by atoms with Crippen molar-refractivity contribution in [2.45, 2.75) is 31.6 Å². The molecule has 1 atom stereocenters. The van der Waals surface area contributed by atoms with Gasteiger partial charge in [0.15, 0.2) is 10.7 Å². The van der Waals surface area contributed by atoms with E-state index in [4.69, 9.17) is 16.1 Å². The molecule has 10 heteroatoms. The van der Waals surface area contributed by atoms with Crippen LogP contribution in [0.3, 0.4) is 0 Å². The first kappa shape index (κ1) is 25.1. The third-order valence-corrected chi connectivity index (χ3v) is 8.38. The highest BCUT2D eigenvalue weighted by atomic mass is 35.5. The van der Waals surface area contributed by atoms with E-state index >= 15 is 0 Å². The molecule has 1 aromatic heterocycles. The van der Waals surface area contributed by atoms with Crippen LogP contribution >= 0.6 is 11.6 Å². The summed E-state index contributed by atoms with van der Waals surface area (Å²) in [6.07, 6.45) is 3.91. The van der Waals surface area contributed by atoms with Gasteiger partial charge in [-0.1, -0.05) is 41.0 Å². The Bertz CT molecular complexity index is 1390. The largest absolute Gasteiger partial charge is 0.355 e. The topological polar surface area (TPSA) is 92.5 Å². The van der Waals surface area contributed by atoms with Crippen LogP contribution < -0.4 is 5.32 Å². The lowest BCUT2D eigenvalue weighted by Gasteiger charge is -2.31. The summed E-state index contributed by atoms with van der Waals surface area (Å²) >= 11 is 6.15. The SMILES string of the molecule is Cc1ccc(NC(=O)C2CCCN(S(=O)(=O)c3c(C)noc3/C=C/c3ccccc3F)C2)cc1Cl. The molecular weight excluding hydrogens is 493 g/mol. The Morgan fingerprint density at radius 2 is 2.00 bits per heavy atom. The highest BCUT2D eigenvalue weighted by molar-refractivity contribution is 7.89. The molecule has 0 bridgehead atoms. The second-order valence-electron chi connectivity index (χ2n) is 8.47. The third kappa shape index (κ3) is 5.47. The van der Waals surface area contributed by atoms with Crippen molar-refractivity contribution in [1.29, 1.82) is 0 Å². The molecule has 2 heterocycles. The van der Waals surface area contributed by atoms with Crippen LogP contribution in [-0.4, -0.2) is 36.9 Å². The summed E-state index contributed by atoms with van der Waals surface area (Å²) in [5.41, 5.74) is 1.93. The van der Waals surface area contributed by atoms with Gasteiger partial charge in [-0.25, -0.2) is 12.8 Å². The Morgan fingerprint density at radius 1 is 1.23 bits per heavy atom. The molecule has 1 aliphatic rings. The zero-order chi connectivity index (χ0) is 25.2. The van der Waals surface area contributed by atoms with Crippen LogP contribution in [0, 0.1) is 25.6 Å². The average molecular weight is 518 g/mol. The molecule has 0 saturated carbocycles. The Morgan fingerprint density at radius 3 is 2.74 bits per heavy atom. The molecule has 1 amide bonds. The number of hydrogen-bond acceptors (Lipinski definition) is 5. The fraction of sp³-hybridized carbons (Fsp3) is 0.280.